The Balaban J connectivity index is 3.07. The van der Waals surface area contributed by atoms with Crippen LogP contribution < -0.4 is 10.1 Å². The van der Waals surface area contributed by atoms with Gasteiger partial charge in [0.05, 0.1) is 12.8 Å². The van der Waals surface area contributed by atoms with Crippen LogP contribution in [0.2, 0.25) is 0 Å². The molecule has 0 radical (unpaired) electrons. The smallest absolute Gasteiger partial charge is 0.242 e. The Morgan fingerprint density at radius 1 is 1.56 bits per heavy atom. The molecule has 1 amide bonds. The topological polar surface area (TPSA) is 38.3 Å². The molecule has 0 aliphatic carbocycles. The quantitative estimate of drug-likeness (QED) is 0.870. The minimum absolute atomic E-state index is 0.245. The van der Waals surface area contributed by atoms with Crippen molar-refractivity contribution in [3.63, 3.8) is 0 Å². The number of carbonyl (C=O) groups is 1. The van der Waals surface area contributed by atoms with Crippen molar-refractivity contribution in [1.82, 2.24) is 0 Å². The number of hydrogen-bond acceptors (Lipinski definition) is 2. The van der Waals surface area contributed by atoms with E-state index in [1.807, 2.05) is 13.0 Å². The van der Waals surface area contributed by atoms with E-state index in [1.54, 1.807) is 20.1 Å². The second-order valence-corrected chi connectivity index (χ2v) is 4.98. The normalized spacial score (nSPS) is 12.1. The second kappa shape index (κ2) is 5.55. The van der Waals surface area contributed by atoms with E-state index in [4.69, 9.17) is 16.3 Å². The predicted molar refractivity (Wildman–Crippen MR) is 69.4 cm³/mol. The van der Waals surface area contributed by atoms with Crippen LogP contribution in [0.1, 0.15) is 12.5 Å². The number of anilines is 1. The zero-order valence-electron chi connectivity index (χ0n) is 9.30. The standard InChI is InChI=1S/C11H13BrClNO2/c1-6-4-8(12)5-9(16-3)10(6)14-11(15)7(2)13/h4-5,7H,1-3H3,(H,14,15). The van der Waals surface area contributed by atoms with E-state index >= 15 is 0 Å². The van der Waals surface area contributed by atoms with Crippen LogP contribution in [0.4, 0.5) is 5.69 Å². The van der Waals surface area contributed by atoms with Gasteiger partial charge in [0, 0.05) is 4.47 Å². The van der Waals surface area contributed by atoms with E-state index in [1.165, 1.54) is 0 Å². The van der Waals surface area contributed by atoms with Crippen LogP contribution in [0.5, 0.6) is 5.75 Å². The minimum Gasteiger partial charge on any atom is -0.495 e. The number of aryl methyl sites for hydroxylation is 1. The van der Waals surface area contributed by atoms with Crippen molar-refractivity contribution in [1.29, 1.82) is 0 Å². The molecule has 0 saturated heterocycles. The van der Waals surface area contributed by atoms with Gasteiger partial charge >= 0.3 is 0 Å². The fourth-order valence-electron chi connectivity index (χ4n) is 1.26. The second-order valence-electron chi connectivity index (χ2n) is 3.41. The van der Waals surface area contributed by atoms with E-state index in [2.05, 4.69) is 21.2 Å². The number of amides is 1. The van der Waals surface area contributed by atoms with Crippen molar-refractivity contribution >= 4 is 39.1 Å². The first-order valence-electron chi connectivity index (χ1n) is 4.74. The van der Waals surface area contributed by atoms with Gasteiger partial charge in [-0.2, -0.15) is 0 Å². The van der Waals surface area contributed by atoms with Gasteiger partial charge in [-0.25, -0.2) is 0 Å². The minimum atomic E-state index is -0.576. The molecule has 0 aliphatic heterocycles. The third kappa shape index (κ3) is 3.12. The number of alkyl halides is 1. The van der Waals surface area contributed by atoms with Gasteiger partial charge in [-0.3, -0.25) is 4.79 Å². The third-order valence-electron chi connectivity index (χ3n) is 2.09. The third-order valence-corrected chi connectivity index (χ3v) is 2.75. The summed E-state index contributed by atoms with van der Waals surface area (Å²) in [6, 6.07) is 3.69. The molecule has 1 atom stereocenters. The molecule has 0 heterocycles. The zero-order chi connectivity index (χ0) is 12.3. The van der Waals surface area contributed by atoms with Crippen molar-refractivity contribution in [2.45, 2.75) is 19.2 Å². The number of rotatable bonds is 3. The summed E-state index contributed by atoms with van der Waals surface area (Å²) >= 11 is 9.06. The molecule has 88 valence electrons. The molecule has 0 fully saturated rings. The number of ether oxygens (including phenoxy) is 1. The van der Waals surface area contributed by atoms with Crippen LogP contribution in [0.25, 0.3) is 0 Å². The summed E-state index contributed by atoms with van der Waals surface area (Å²) in [6.07, 6.45) is 0. The van der Waals surface area contributed by atoms with E-state index in [0.29, 0.717) is 11.4 Å². The number of carbonyl (C=O) groups excluding carboxylic acids is 1. The molecule has 0 aromatic heterocycles. The molecule has 0 saturated carbocycles. The van der Waals surface area contributed by atoms with Crippen LogP contribution in [0.3, 0.4) is 0 Å². The Bertz CT molecular complexity index is 407. The number of methoxy groups -OCH3 is 1. The largest absolute Gasteiger partial charge is 0.495 e. The summed E-state index contributed by atoms with van der Waals surface area (Å²) in [6.45, 7) is 3.51. The average molecular weight is 307 g/mol. The molecule has 1 rings (SSSR count). The van der Waals surface area contributed by atoms with Crippen LogP contribution in [-0.4, -0.2) is 18.4 Å². The van der Waals surface area contributed by atoms with Gasteiger partial charge in [-0.1, -0.05) is 15.9 Å². The van der Waals surface area contributed by atoms with Crippen molar-refractivity contribution in [2.24, 2.45) is 0 Å². The SMILES string of the molecule is COc1cc(Br)cc(C)c1NC(=O)C(C)Cl. The number of hydrogen-bond donors (Lipinski definition) is 1. The lowest BCUT2D eigenvalue weighted by Crippen LogP contribution is -2.21. The first-order valence-corrected chi connectivity index (χ1v) is 5.97. The molecule has 1 unspecified atom stereocenters. The summed E-state index contributed by atoms with van der Waals surface area (Å²) < 4.78 is 6.10. The molecule has 0 bridgehead atoms. The maximum atomic E-state index is 11.5. The summed E-state index contributed by atoms with van der Waals surface area (Å²) in [5.41, 5.74) is 1.57. The lowest BCUT2D eigenvalue weighted by Gasteiger charge is -2.14. The summed E-state index contributed by atoms with van der Waals surface area (Å²) in [4.78, 5) is 11.5. The van der Waals surface area contributed by atoms with E-state index in [0.717, 1.165) is 10.0 Å². The molecule has 1 aromatic carbocycles. The fraction of sp³-hybridized carbons (Fsp3) is 0.364. The Morgan fingerprint density at radius 2 is 2.19 bits per heavy atom. The molecule has 3 nitrogen and oxygen atoms in total. The number of halogens is 2. The van der Waals surface area contributed by atoms with E-state index < -0.39 is 5.38 Å². The lowest BCUT2D eigenvalue weighted by molar-refractivity contribution is -0.115. The Kier molecular flexibility index (Phi) is 4.62. The van der Waals surface area contributed by atoms with Crippen LogP contribution >= 0.6 is 27.5 Å². The molecular weight excluding hydrogens is 293 g/mol. The van der Waals surface area contributed by atoms with Crippen molar-refractivity contribution in [3.8, 4) is 5.75 Å². The first kappa shape index (κ1) is 13.3. The predicted octanol–water partition coefficient (Wildman–Crippen LogP) is 3.33. The van der Waals surface area contributed by atoms with Gasteiger partial charge < -0.3 is 10.1 Å². The van der Waals surface area contributed by atoms with Crippen LogP contribution in [0, 0.1) is 6.92 Å². The summed E-state index contributed by atoms with van der Waals surface area (Å²) in [5.74, 6) is 0.364. The van der Waals surface area contributed by atoms with Gasteiger partial charge in [-0.15, -0.1) is 11.6 Å². The summed E-state index contributed by atoms with van der Waals surface area (Å²) in [7, 11) is 1.56. The lowest BCUT2D eigenvalue weighted by atomic mass is 10.2. The van der Waals surface area contributed by atoms with Crippen molar-refractivity contribution in [2.75, 3.05) is 12.4 Å². The Morgan fingerprint density at radius 3 is 2.69 bits per heavy atom. The van der Waals surface area contributed by atoms with Gasteiger partial charge in [0.15, 0.2) is 0 Å². The molecular formula is C11H13BrClNO2. The Hall–Kier alpha value is -0.740. The maximum absolute atomic E-state index is 11.5. The first-order chi connectivity index (χ1) is 7.45. The maximum Gasteiger partial charge on any atom is 0.242 e. The average Bonchev–Trinajstić information content (AvgIpc) is 2.21. The monoisotopic (exact) mass is 305 g/mol. The molecule has 1 aromatic rings. The van der Waals surface area contributed by atoms with Gasteiger partial charge in [0.25, 0.3) is 0 Å². The number of benzene rings is 1. The zero-order valence-corrected chi connectivity index (χ0v) is 11.6. The molecule has 5 heteroatoms. The highest BCUT2D eigenvalue weighted by atomic mass is 79.9. The highest BCUT2D eigenvalue weighted by Crippen LogP contribution is 2.32. The highest BCUT2D eigenvalue weighted by Gasteiger charge is 2.14. The summed E-state index contributed by atoms with van der Waals surface area (Å²) in [5, 5.41) is 2.16. The van der Waals surface area contributed by atoms with Gasteiger partial charge in [0.1, 0.15) is 11.1 Å². The van der Waals surface area contributed by atoms with E-state index in [9.17, 15) is 4.79 Å². The van der Waals surface area contributed by atoms with Crippen LogP contribution in [-0.2, 0) is 4.79 Å². The Labute approximate surface area is 108 Å². The number of nitrogens with one attached hydrogen (secondary N) is 1. The highest BCUT2D eigenvalue weighted by molar-refractivity contribution is 9.10. The molecule has 16 heavy (non-hydrogen) atoms. The molecule has 0 spiro atoms. The fourth-order valence-corrected chi connectivity index (χ4v) is 1.86. The molecule has 0 aliphatic rings. The van der Waals surface area contributed by atoms with Crippen LogP contribution in [0.15, 0.2) is 16.6 Å². The van der Waals surface area contributed by atoms with Gasteiger partial charge in [-0.05, 0) is 31.5 Å². The molecule has 1 N–H and O–H groups in total. The van der Waals surface area contributed by atoms with Crippen molar-refractivity contribution < 1.29 is 9.53 Å². The van der Waals surface area contributed by atoms with Gasteiger partial charge in [0.2, 0.25) is 5.91 Å². The van der Waals surface area contributed by atoms with Crippen molar-refractivity contribution in [3.05, 3.63) is 22.2 Å². The van der Waals surface area contributed by atoms with E-state index in [-0.39, 0.29) is 5.91 Å².